The summed E-state index contributed by atoms with van der Waals surface area (Å²) in [5.41, 5.74) is 1.42. The lowest BCUT2D eigenvalue weighted by atomic mass is 9.97. The van der Waals surface area contributed by atoms with Gasteiger partial charge in [0.05, 0.1) is 17.6 Å². The number of H-pyrrole nitrogens is 1. The van der Waals surface area contributed by atoms with E-state index in [4.69, 9.17) is 9.84 Å². The van der Waals surface area contributed by atoms with Crippen LogP contribution in [-0.2, 0) is 12.8 Å². The predicted molar refractivity (Wildman–Crippen MR) is 111 cm³/mol. The van der Waals surface area contributed by atoms with Gasteiger partial charge in [-0.25, -0.2) is 9.78 Å². The minimum atomic E-state index is -0.951. The third kappa shape index (κ3) is 4.07. The Bertz CT molecular complexity index is 1060. The molecular weight excluding hydrogens is 396 g/mol. The standard InChI is InChI=1S/C20H20N2O4S2/c23-17-16-14-4-1-2-5-15(14)28-18(16)22-20(21-17)27-11-3-10-26-13-8-6-12(7-9-13)19(24)25/h6-9H,1-5,10-11H2,(H,24,25)(H,21,22,23). The predicted octanol–water partition coefficient (Wildman–Crippen LogP) is 4.12. The van der Waals surface area contributed by atoms with Gasteiger partial charge in [0.2, 0.25) is 0 Å². The summed E-state index contributed by atoms with van der Waals surface area (Å²) in [6.07, 6.45) is 5.17. The fourth-order valence-corrected chi connectivity index (χ4v) is 5.42. The Hall–Kier alpha value is -2.32. The van der Waals surface area contributed by atoms with Gasteiger partial charge in [-0.15, -0.1) is 11.3 Å². The van der Waals surface area contributed by atoms with E-state index in [1.807, 2.05) is 0 Å². The lowest BCUT2D eigenvalue weighted by Gasteiger charge is -2.09. The van der Waals surface area contributed by atoms with E-state index in [1.165, 1.54) is 40.8 Å². The van der Waals surface area contributed by atoms with Crippen LogP contribution in [0.1, 0.15) is 40.1 Å². The number of aromatic amines is 1. The highest BCUT2D eigenvalue weighted by molar-refractivity contribution is 7.99. The minimum Gasteiger partial charge on any atom is -0.494 e. The first kappa shape index (κ1) is 19.0. The Kier molecular flexibility index (Phi) is 5.68. The number of hydrogen-bond acceptors (Lipinski definition) is 6. The van der Waals surface area contributed by atoms with Gasteiger partial charge in [0.15, 0.2) is 5.16 Å². The largest absolute Gasteiger partial charge is 0.494 e. The smallest absolute Gasteiger partial charge is 0.335 e. The molecule has 2 heterocycles. The van der Waals surface area contributed by atoms with Crippen LogP contribution in [0.25, 0.3) is 10.2 Å². The molecular formula is C20H20N2O4S2. The number of carboxylic acids is 1. The average Bonchev–Trinajstić information content (AvgIpc) is 3.07. The third-order valence-corrected chi connectivity index (χ3v) is 6.85. The second-order valence-electron chi connectivity index (χ2n) is 6.64. The van der Waals surface area contributed by atoms with Gasteiger partial charge >= 0.3 is 5.97 Å². The number of rotatable bonds is 7. The first-order valence-corrected chi connectivity index (χ1v) is 11.1. The van der Waals surface area contributed by atoms with Crippen LogP contribution in [0.4, 0.5) is 0 Å². The monoisotopic (exact) mass is 416 g/mol. The molecule has 0 amide bonds. The number of aromatic nitrogens is 2. The molecule has 8 heteroatoms. The van der Waals surface area contributed by atoms with Gasteiger partial charge in [-0.3, -0.25) is 4.79 Å². The number of fused-ring (bicyclic) bond motifs is 3. The van der Waals surface area contributed by atoms with Crippen molar-refractivity contribution in [2.24, 2.45) is 0 Å². The van der Waals surface area contributed by atoms with Crippen molar-refractivity contribution in [3.63, 3.8) is 0 Å². The van der Waals surface area contributed by atoms with Crippen LogP contribution in [0.15, 0.2) is 34.2 Å². The molecule has 0 saturated carbocycles. The summed E-state index contributed by atoms with van der Waals surface area (Å²) in [7, 11) is 0. The zero-order chi connectivity index (χ0) is 19.5. The molecule has 146 valence electrons. The molecule has 6 nitrogen and oxygen atoms in total. The van der Waals surface area contributed by atoms with Gasteiger partial charge < -0.3 is 14.8 Å². The highest BCUT2D eigenvalue weighted by Crippen LogP contribution is 2.34. The quantitative estimate of drug-likeness (QED) is 0.342. The highest BCUT2D eigenvalue weighted by atomic mass is 32.2. The molecule has 0 bridgehead atoms. The summed E-state index contributed by atoms with van der Waals surface area (Å²) < 4.78 is 5.63. The van der Waals surface area contributed by atoms with Crippen molar-refractivity contribution < 1.29 is 14.6 Å². The summed E-state index contributed by atoms with van der Waals surface area (Å²) in [5.74, 6) is 0.465. The van der Waals surface area contributed by atoms with E-state index >= 15 is 0 Å². The number of aryl methyl sites for hydroxylation is 2. The van der Waals surface area contributed by atoms with Crippen LogP contribution in [-0.4, -0.2) is 33.4 Å². The van der Waals surface area contributed by atoms with E-state index in [0.29, 0.717) is 17.5 Å². The average molecular weight is 417 g/mol. The minimum absolute atomic E-state index is 0.0262. The van der Waals surface area contributed by atoms with Gasteiger partial charge in [0.1, 0.15) is 10.6 Å². The lowest BCUT2D eigenvalue weighted by molar-refractivity contribution is 0.0697. The van der Waals surface area contributed by atoms with E-state index in [9.17, 15) is 9.59 Å². The molecule has 28 heavy (non-hydrogen) atoms. The van der Waals surface area contributed by atoms with E-state index in [-0.39, 0.29) is 11.1 Å². The second-order valence-corrected chi connectivity index (χ2v) is 8.81. The summed E-state index contributed by atoms with van der Waals surface area (Å²) in [4.78, 5) is 33.1. The van der Waals surface area contributed by atoms with Crippen LogP contribution in [0.2, 0.25) is 0 Å². The van der Waals surface area contributed by atoms with Gasteiger partial charge in [-0.1, -0.05) is 11.8 Å². The van der Waals surface area contributed by atoms with Crippen molar-refractivity contribution in [3.05, 3.63) is 50.6 Å². The van der Waals surface area contributed by atoms with Crippen molar-refractivity contribution >= 4 is 39.3 Å². The van der Waals surface area contributed by atoms with Crippen molar-refractivity contribution in [1.29, 1.82) is 0 Å². The number of hydrogen-bond donors (Lipinski definition) is 2. The Morgan fingerprint density at radius 2 is 2.04 bits per heavy atom. The summed E-state index contributed by atoms with van der Waals surface area (Å²) in [5, 5.41) is 10.3. The second kappa shape index (κ2) is 8.36. The molecule has 2 N–H and O–H groups in total. The highest BCUT2D eigenvalue weighted by Gasteiger charge is 2.19. The Balaban J connectivity index is 1.32. The van der Waals surface area contributed by atoms with Crippen molar-refractivity contribution in [2.45, 2.75) is 37.3 Å². The number of carbonyl (C=O) groups is 1. The number of ether oxygens (including phenoxy) is 1. The number of thioether (sulfide) groups is 1. The molecule has 0 fully saturated rings. The molecule has 0 atom stereocenters. The molecule has 0 unspecified atom stereocenters. The fourth-order valence-electron chi connectivity index (χ4n) is 3.32. The summed E-state index contributed by atoms with van der Waals surface area (Å²) in [6, 6.07) is 6.36. The molecule has 0 saturated heterocycles. The topological polar surface area (TPSA) is 92.3 Å². The van der Waals surface area contributed by atoms with Gasteiger partial charge in [0, 0.05) is 10.6 Å². The molecule has 0 spiro atoms. The molecule has 0 aliphatic heterocycles. The first-order chi connectivity index (χ1) is 13.6. The van der Waals surface area contributed by atoms with Crippen molar-refractivity contribution in [3.8, 4) is 5.75 Å². The zero-order valence-electron chi connectivity index (χ0n) is 15.2. The maximum atomic E-state index is 12.5. The molecule has 0 radical (unpaired) electrons. The molecule has 3 aromatic rings. The van der Waals surface area contributed by atoms with Crippen LogP contribution >= 0.6 is 23.1 Å². The van der Waals surface area contributed by atoms with Gasteiger partial charge in [-0.05, 0) is 61.9 Å². The number of nitrogens with one attached hydrogen (secondary N) is 1. The van der Waals surface area contributed by atoms with E-state index < -0.39 is 5.97 Å². The normalized spacial score (nSPS) is 13.4. The van der Waals surface area contributed by atoms with Crippen LogP contribution in [0.5, 0.6) is 5.75 Å². The van der Waals surface area contributed by atoms with Gasteiger partial charge in [0.25, 0.3) is 5.56 Å². The Labute approximate surface area is 170 Å². The number of aromatic carboxylic acids is 1. The summed E-state index contributed by atoms with van der Waals surface area (Å²) in [6.45, 7) is 0.513. The Morgan fingerprint density at radius 3 is 2.82 bits per heavy atom. The van der Waals surface area contributed by atoms with Crippen LogP contribution in [0.3, 0.4) is 0 Å². The molecule has 1 aromatic carbocycles. The molecule has 1 aliphatic carbocycles. The Morgan fingerprint density at radius 1 is 1.25 bits per heavy atom. The maximum absolute atomic E-state index is 12.5. The van der Waals surface area contributed by atoms with E-state index in [1.54, 1.807) is 23.5 Å². The molecule has 1 aliphatic rings. The number of nitrogens with zero attached hydrogens (tertiary/aromatic N) is 1. The van der Waals surface area contributed by atoms with Crippen molar-refractivity contribution in [1.82, 2.24) is 9.97 Å². The van der Waals surface area contributed by atoms with E-state index in [0.717, 1.165) is 41.7 Å². The number of thiophene rings is 1. The molecule has 2 aromatic heterocycles. The maximum Gasteiger partial charge on any atom is 0.335 e. The van der Waals surface area contributed by atoms with Crippen LogP contribution < -0.4 is 10.3 Å². The fraction of sp³-hybridized carbons (Fsp3) is 0.350. The summed E-state index contributed by atoms with van der Waals surface area (Å²) >= 11 is 3.18. The number of benzene rings is 1. The lowest BCUT2D eigenvalue weighted by Crippen LogP contribution is -2.11. The third-order valence-electron chi connectivity index (χ3n) is 4.70. The van der Waals surface area contributed by atoms with Gasteiger partial charge in [-0.2, -0.15) is 0 Å². The van der Waals surface area contributed by atoms with Crippen LogP contribution in [0, 0.1) is 0 Å². The van der Waals surface area contributed by atoms with E-state index in [2.05, 4.69) is 9.97 Å². The SMILES string of the molecule is O=C(O)c1ccc(OCCCSc2nc3sc4c(c3c(=O)[nH]2)CCCC4)cc1. The molecule has 4 rings (SSSR count). The van der Waals surface area contributed by atoms with Crippen molar-refractivity contribution in [2.75, 3.05) is 12.4 Å². The zero-order valence-corrected chi connectivity index (χ0v) is 16.8. The first-order valence-electron chi connectivity index (χ1n) is 9.25. The number of carboxylic acid groups (broad SMARTS) is 1.